The Morgan fingerprint density at radius 3 is 2.79 bits per heavy atom. The highest BCUT2D eigenvalue weighted by Crippen LogP contribution is 2.30. The first kappa shape index (κ1) is 16.5. The number of aromatic nitrogens is 2. The molecule has 1 atom stereocenters. The van der Waals surface area contributed by atoms with Crippen LogP contribution in [0.5, 0.6) is 0 Å². The molecule has 0 aliphatic carbocycles. The molecule has 2 aromatic heterocycles. The second kappa shape index (κ2) is 7.49. The third-order valence-electron chi connectivity index (χ3n) is 3.56. The number of hydrogen-bond donors (Lipinski definition) is 1. The summed E-state index contributed by atoms with van der Waals surface area (Å²) in [4.78, 5) is 21.1. The highest BCUT2D eigenvalue weighted by Gasteiger charge is 2.25. The van der Waals surface area contributed by atoms with Crippen LogP contribution in [0, 0.1) is 5.92 Å². The number of nitrogens with one attached hydrogen (secondary N) is 1. The predicted molar refractivity (Wildman–Crippen MR) is 94.6 cm³/mol. The van der Waals surface area contributed by atoms with Gasteiger partial charge in [-0.05, 0) is 29.7 Å². The van der Waals surface area contributed by atoms with Crippen molar-refractivity contribution in [3.8, 4) is 0 Å². The molecule has 6 heteroatoms. The van der Waals surface area contributed by atoms with Crippen molar-refractivity contribution in [3.05, 3.63) is 54.4 Å². The number of amides is 1. The van der Waals surface area contributed by atoms with Crippen LogP contribution in [0.4, 0.5) is 0 Å². The van der Waals surface area contributed by atoms with Crippen LogP contribution in [-0.4, -0.2) is 21.1 Å². The Balaban J connectivity index is 1.68. The number of carbonyl (C=O) groups excluding carboxylic acids is 1. The van der Waals surface area contributed by atoms with Crippen molar-refractivity contribution < 1.29 is 9.21 Å². The maximum Gasteiger partial charge on any atom is 0.257 e. The SMILES string of the molecule is CC(C)C(Sc1nc2ccccc2o1)C(=O)NCc1cccnc1. The van der Waals surface area contributed by atoms with Gasteiger partial charge in [0.1, 0.15) is 5.52 Å². The largest absolute Gasteiger partial charge is 0.431 e. The van der Waals surface area contributed by atoms with Crippen molar-refractivity contribution in [2.75, 3.05) is 0 Å². The maximum atomic E-state index is 12.6. The van der Waals surface area contributed by atoms with Gasteiger partial charge in [0.15, 0.2) is 5.58 Å². The zero-order valence-corrected chi connectivity index (χ0v) is 14.4. The van der Waals surface area contributed by atoms with E-state index in [1.165, 1.54) is 11.8 Å². The molecule has 0 spiro atoms. The molecule has 0 radical (unpaired) electrons. The third-order valence-corrected chi connectivity index (χ3v) is 4.94. The molecule has 0 bridgehead atoms. The van der Waals surface area contributed by atoms with E-state index in [-0.39, 0.29) is 17.1 Å². The summed E-state index contributed by atoms with van der Waals surface area (Å²) >= 11 is 1.36. The highest BCUT2D eigenvalue weighted by molar-refractivity contribution is 8.00. The standard InChI is InChI=1S/C18H19N3O2S/c1-12(2)16(17(22)20-11-13-6-5-9-19-10-13)24-18-21-14-7-3-4-8-15(14)23-18/h3-10,12,16H,11H2,1-2H3,(H,20,22). The van der Waals surface area contributed by atoms with Gasteiger partial charge in [-0.2, -0.15) is 0 Å². The number of rotatable bonds is 6. The molecule has 1 aromatic carbocycles. The summed E-state index contributed by atoms with van der Waals surface area (Å²) in [6.45, 7) is 4.50. The summed E-state index contributed by atoms with van der Waals surface area (Å²) in [5, 5.41) is 3.22. The molecule has 1 amide bonds. The Morgan fingerprint density at radius 2 is 2.08 bits per heavy atom. The highest BCUT2D eigenvalue weighted by atomic mass is 32.2. The van der Waals surface area contributed by atoms with Crippen molar-refractivity contribution >= 4 is 28.8 Å². The van der Waals surface area contributed by atoms with Crippen LogP contribution in [-0.2, 0) is 11.3 Å². The zero-order chi connectivity index (χ0) is 16.9. The Kier molecular flexibility index (Phi) is 5.15. The molecule has 0 saturated carbocycles. The first-order valence-corrected chi connectivity index (χ1v) is 8.70. The summed E-state index contributed by atoms with van der Waals surface area (Å²) in [6.07, 6.45) is 3.46. The lowest BCUT2D eigenvalue weighted by Crippen LogP contribution is -2.35. The molecule has 0 saturated heterocycles. The summed E-state index contributed by atoms with van der Waals surface area (Å²) in [5.41, 5.74) is 2.51. The van der Waals surface area contributed by atoms with Crippen molar-refractivity contribution in [1.29, 1.82) is 0 Å². The van der Waals surface area contributed by atoms with Gasteiger partial charge in [0.05, 0.1) is 5.25 Å². The van der Waals surface area contributed by atoms with Crippen LogP contribution >= 0.6 is 11.8 Å². The van der Waals surface area contributed by atoms with Crippen LogP contribution < -0.4 is 5.32 Å². The molecular weight excluding hydrogens is 322 g/mol. The molecule has 2 heterocycles. The van der Waals surface area contributed by atoms with E-state index in [9.17, 15) is 4.79 Å². The van der Waals surface area contributed by atoms with Gasteiger partial charge in [-0.25, -0.2) is 4.98 Å². The number of pyridine rings is 1. The number of carbonyl (C=O) groups is 1. The van der Waals surface area contributed by atoms with E-state index in [1.54, 1.807) is 12.4 Å². The lowest BCUT2D eigenvalue weighted by atomic mass is 10.1. The molecule has 3 aromatic rings. The molecular formula is C18H19N3O2S. The summed E-state index contributed by atoms with van der Waals surface area (Å²) in [7, 11) is 0. The van der Waals surface area contributed by atoms with E-state index >= 15 is 0 Å². The van der Waals surface area contributed by atoms with E-state index in [2.05, 4.69) is 15.3 Å². The second-order valence-electron chi connectivity index (χ2n) is 5.81. The number of nitrogens with zero attached hydrogens (tertiary/aromatic N) is 2. The monoisotopic (exact) mass is 341 g/mol. The Labute approximate surface area is 144 Å². The van der Waals surface area contributed by atoms with Gasteiger partial charge in [0, 0.05) is 18.9 Å². The van der Waals surface area contributed by atoms with Gasteiger partial charge in [0.2, 0.25) is 5.91 Å². The summed E-state index contributed by atoms with van der Waals surface area (Å²) in [5.74, 6) is 0.125. The number of benzene rings is 1. The first-order valence-electron chi connectivity index (χ1n) is 7.82. The van der Waals surface area contributed by atoms with E-state index in [4.69, 9.17) is 4.42 Å². The number of oxazole rings is 1. The molecule has 1 unspecified atom stereocenters. The van der Waals surface area contributed by atoms with Crippen molar-refractivity contribution in [3.63, 3.8) is 0 Å². The fourth-order valence-electron chi connectivity index (χ4n) is 2.29. The Bertz CT molecular complexity index is 784. The van der Waals surface area contributed by atoms with Crippen molar-refractivity contribution in [1.82, 2.24) is 15.3 Å². The van der Waals surface area contributed by atoms with Gasteiger partial charge in [-0.3, -0.25) is 9.78 Å². The molecule has 0 aliphatic heterocycles. The minimum absolute atomic E-state index is 0.0268. The quantitative estimate of drug-likeness (QED) is 0.693. The van der Waals surface area contributed by atoms with Crippen LogP contribution in [0.2, 0.25) is 0 Å². The van der Waals surface area contributed by atoms with Crippen LogP contribution in [0.25, 0.3) is 11.1 Å². The van der Waals surface area contributed by atoms with Gasteiger partial charge in [-0.1, -0.05) is 43.8 Å². The molecule has 3 rings (SSSR count). The number of fused-ring (bicyclic) bond motifs is 1. The van der Waals surface area contributed by atoms with Gasteiger partial charge < -0.3 is 9.73 Å². The molecule has 124 valence electrons. The van der Waals surface area contributed by atoms with Crippen LogP contribution in [0.15, 0.2) is 58.4 Å². The molecule has 24 heavy (non-hydrogen) atoms. The van der Waals surface area contributed by atoms with E-state index in [1.807, 2.05) is 50.2 Å². The topological polar surface area (TPSA) is 68.0 Å². The fraction of sp³-hybridized carbons (Fsp3) is 0.278. The number of hydrogen-bond acceptors (Lipinski definition) is 5. The second-order valence-corrected chi connectivity index (χ2v) is 6.90. The predicted octanol–water partition coefficient (Wildman–Crippen LogP) is 3.66. The van der Waals surface area contributed by atoms with E-state index in [0.29, 0.717) is 11.8 Å². The van der Waals surface area contributed by atoms with Gasteiger partial charge in [0.25, 0.3) is 5.22 Å². The van der Waals surface area contributed by atoms with E-state index < -0.39 is 0 Å². The lowest BCUT2D eigenvalue weighted by Gasteiger charge is -2.18. The van der Waals surface area contributed by atoms with Crippen molar-refractivity contribution in [2.45, 2.75) is 30.9 Å². The number of para-hydroxylation sites is 2. The van der Waals surface area contributed by atoms with Gasteiger partial charge >= 0.3 is 0 Å². The van der Waals surface area contributed by atoms with Gasteiger partial charge in [-0.15, -0.1) is 0 Å². The molecule has 5 nitrogen and oxygen atoms in total. The maximum absolute atomic E-state index is 12.6. The molecule has 1 N–H and O–H groups in total. The molecule has 0 fully saturated rings. The van der Waals surface area contributed by atoms with Crippen molar-refractivity contribution in [2.24, 2.45) is 5.92 Å². The first-order chi connectivity index (χ1) is 11.6. The summed E-state index contributed by atoms with van der Waals surface area (Å²) in [6, 6.07) is 11.4. The average molecular weight is 341 g/mol. The zero-order valence-electron chi connectivity index (χ0n) is 13.6. The minimum atomic E-state index is -0.269. The summed E-state index contributed by atoms with van der Waals surface area (Å²) < 4.78 is 5.72. The Hall–Kier alpha value is -2.34. The lowest BCUT2D eigenvalue weighted by molar-refractivity contribution is -0.121. The van der Waals surface area contributed by atoms with Crippen LogP contribution in [0.3, 0.4) is 0 Å². The number of thioether (sulfide) groups is 1. The third kappa shape index (κ3) is 3.94. The Morgan fingerprint density at radius 1 is 1.25 bits per heavy atom. The fourth-order valence-corrected chi connectivity index (χ4v) is 3.26. The van der Waals surface area contributed by atoms with E-state index in [0.717, 1.165) is 16.7 Å². The molecule has 0 aliphatic rings. The smallest absolute Gasteiger partial charge is 0.257 e. The normalized spacial score (nSPS) is 12.5. The van der Waals surface area contributed by atoms with Crippen LogP contribution in [0.1, 0.15) is 19.4 Å². The average Bonchev–Trinajstić information content (AvgIpc) is 3.01. The minimum Gasteiger partial charge on any atom is -0.431 e.